The molecule has 2 amide bonds. The lowest BCUT2D eigenvalue weighted by Crippen LogP contribution is -2.49. The van der Waals surface area contributed by atoms with E-state index in [2.05, 4.69) is 40.5 Å². The molecule has 2 aliphatic rings. The molecule has 0 bridgehead atoms. The number of carbonyl (C=O) groups is 1. The molecule has 2 saturated heterocycles. The van der Waals surface area contributed by atoms with Gasteiger partial charge in [-0.2, -0.15) is 0 Å². The van der Waals surface area contributed by atoms with E-state index in [4.69, 9.17) is 9.72 Å². The molecule has 1 aromatic carbocycles. The maximum atomic E-state index is 12.8. The lowest BCUT2D eigenvalue weighted by atomic mass is 10.1. The van der Waals surface area contributed by atoms with E-state index in [9.17, 15) is 4.79 Å². The van der Waals surface area contributed by atoms with Crippen molar-refractivity contribution in [2.24, 2.45) is 0 Å². The first-order chi connectivity index (χ1) is 14.7. The highest BCUT2D eigenvalue weighted by Crippen LogP contribution is 2.23. The largest absolute Gasteiger partial charge is 0.375 e. The second-order valence-corrected chi connectivity index (χ2v) is 8.25. The molecule has 1 unspecified atom stereocenters. The van der Waals surface area contributed by atoms with E-state index in [1.807, 2.05) is 24.0 Å². The Bertz CT molecular complexity index is 836. The van der Waals surface area contributed by atoms with Gasteiger partial charge in [0.15, 0.2) is 0 Å². The number of urea groups is 1. The van der Waals surface area contributed by atoms with Crippen molar-refractivity contribution in [3.05, 3.63) is 59.3 Å². The number of nitrogens with one attached hydrogen (secondary N) is 1. The highest BCUT2D eigenvalue weighted by atomic mass is 16.5. The van der Waals surface area contributed by atoms with Gasteiger partial charge < -0.3 is 19.9 Å². The molecule has 160 valence electrons. The lowest BCUT2D eigenvalue weighted by molar-refractivity contribution is -0.0176. The summed E-state index contributed by atoms with van der Waals surface area (Å²) in [7, 11) is 0. The van der Waals surface area contributed by atoms with Gasteiger partial charge in [0.2, 0.25) is 0 Å². The number of benzene rings is 1. The van der Waals surface area contributed by atoms with Crippen LogP contribution in [0.3, 0.4) is 0 Å². The van der Waals surface area contributed by atoms with E-state index < -0.39 is 0 Å². The fraction of sp³-hybridized carbons (Fsp3) is 0.500. The van der Waals surface area contributed by atoms with Crippen LogP contribution in [-0.2, 0) is 17.7 Å². The molecule has 2 aromatic rings. The highest BCUT2D eigenvalue weighted by molar-refractivity contribution is 5.74. The number of nitrogens with zero attached hydrogens (tertiary/aromatic N) is 3. The smallest absolute Gasteiger partial charge is 0.317 e. The molecule has 0 spiro atoms. The van der Waals surface area contributed by atoms with Crippen molar-refractivity contribution in [3.63, 3.8) is 0 Å². The highest BCUT2D eigenvalue weighted by Gasteiger charge is 2.24. The monoisotopic (exact) mass is 408 g/mol. The van der Waals surface area contributed by atoms with Gasteiger partial charge >= 0.3 is 6.03 Å². The van der Waals surface area contributed by atoms with Gasteiger partial charge in [-0.25, -0.2) is 9.78 Å². The Morgan fingerprint density at radius 2 is 1.93 bits per heavy atom. The van der Waals surface area contributed by atoms with Gasteiger partial charge in [-0.05, 0) is 44.2 Å². The fourth-order valence-corrected chi connectivity index (χ4v) is 4.25. The van der Waals surface area contributed by atoms with Gasteiger partial charge in [0.25, 0.3) is 0 Å². The summed E-state index contributed by atoms with van der Waals surface area (Å²) < 4.78 is 5.90. The van der Waals surface area contributed by atoms with Crippen LogP contribution < -0.4 is 10.2 Å². The van der Waals surface area contributed by atoms with E-state index >= 15 is 0 Å². The van der Waals surface area contributed by atoms with Crippen molar-refractivity contribution in [2.75, 3.05) is 37.7 Å². The number of aromatic nitrogens is 1. The van der Waals surface area contributed by atoms with Gasteiger partial charge in [-0.3, -0.25) is 0 Å². The van der Waals surface area contributed by atoms with Crippen LogP contribution in [0.2, 0.25) is 0 Å². The molecule has 0 aliphatic carbocycles. The molecule has 30 heavy (non-hydrogen) atoms. The fourth-order valence-electron chi connectivity index (χ4n) is 4.25. The van der Waals surface area contributed by atoms with E-state index in [1.165, 1.54) is 18.4 Å². The first kappa shape index (κ1) is 20.7. The van der Waals surface area contributed by atoms with Crippen LogP contribution in [-0.4, -0.2) is 54.8 Å². The van der Waals surface area contributed by atoms with Crippen molar-refractivity contribution in [3.8, 4) is 0 Å². The molecular formula is C24H32N4O2. The number of hydrogen-bond donors (Lipinski definition) is 1. The summed E-state index contributed by atoms with van der Waals surface area (Å²) in [6, 6.07) is 14.5. The number of aryl methyl sites for hydroxylation is 2. The predicted octanol–water partition coefficient (Wildman–Crippen LogP) is 3.53. The summed E-state index contributed by atoms with van der Waals surface area (Å²) >= 11 is 0. The summed E-state index contributed by atoms with van der Waals surface area (Å²) in [5, 5.41) is 3.11. The van der Waals surface area contributed by atoms with E-state index in [0.717, 1.165) is 43.0 Å². The SMILES string of the molecule is Cc1ccc(CNC(=O)N2CCOC(CCc3ccccc3)C2)c(N2CCCC2)n1. The Labute approximate surface area is 179 Å². The van der Waals surface area contributed by atoms with E-state index in [0.29, 0.717) is 26.2 Å². The minimum atomic E-state index is -0.0176. The summed E-state index contributed by atoms with van der Waals surface area (Å²) in [4.78, 5) is 21.8. The Hall–Kier alpha value is -2.60. The molecule has 0 radical (unpaired) electrons. The minimum absolute atomic E-state index is 0.0176. The van der Waals surface area contributed by atoms with Crippen LogP contribution in [0, 0.1) is 6.92 Å². The Balaban J connectivity index is 1.30. The van der Waals surface area contributed by atoms with Crippen LogP contribution in [0.5, 0.6) is 0 Å². The molecule has 1 aromatic heterocycles. The van der Waals surface area contributed by atoms with Crippen LogP contribution in [0.4, 0.5) is 10.6 Å². The summed E-state index contributed by atoms with van der Waals surface area (Å²) in [5.74, 6) is 1.02. The van der Waals surface area contributed by atoms with Crippen LogP contribution in [0.15, 0.2) is 42.5 Å². The van der Waals surface area contributed by atoms with E-state index in [-0.39, 0.29) is 12.1 Å². The molecule has 2 fully saturated rings. The maximum absolute atomic E-state index is 12.8. The zero-order chi connectivity index (χ0) is 20.8. The maximum Gasteiger partial charge on any atom is 0.317 e. The number of anilines is 1. The van der Waals surface area contributed by atoms with Crippen molar-refractivity contribution < 1.29 is 9.53 Å². The van der Waals surface area contributed by atoms with Gasteiger partial charge in [-0.1, -0.05) is 36.4 Å². The molecule has 6 nitrogen and oxygen atoms in total. The van der Waals surface area contributed by atoms with Crippen LogP contribution in [0.1, 0.15) is 36.1 Å². The van der Waals surface area contributed by atoms with Crippen LogP contribution in [0.25, 0.3) is 0 Å². The Kier molecular flexibility index (Phi) is 6.84. The van der Waals surface area contributed by atoms with Crippen molar-refractivity contribution in [1.29, 1.82) is 0 Å². The number of ether oxygens (including phenoxy) is 1. The van der Waals surface area contributed by atoms with Crippen LogP contribution >= 0.6 is 0 Å². The lowest BCUT2D eigenvalue weighted by Gasteiger charge is -2.33. The second-order valence-electron chi connectivity index (χ2n) is 8.25. The molecule has 1 N–H and O–H groups in total. The molecular weight excluding hydrogens is 376 g/mol. The van der Waals surface area contributed by atoms with Gasteiger partial charge in [-0.15, -0.1) is 0 Å². The first-order valence-electron chi connectivity index (χ1n) is 11.1. The Morgan fingerprint density at radius 1 is 1.13 bits per heavy atom. The van der Waals surface area contributed by atoms with Crippen molar-refractivity contribution >= 4 is 11.8 Å². The van der Waals surface area contributed by atoms with Gasteiger partial charge in [0, 0.05) is 44.0 Å². The molecule has 0 saturated carbocycles. The third-order valence-corrected chi connectivity index (χ3v) is 5.95. The van der Waals surface area contributed by atoms with E-state index in [1.54, 1.807) is 0 Å². The Morgan fingerprint density at radius 3 is 2.73 bits per heavy atom. The predicted molar refractivity (Wildman–Crippen MR) is 119 cm³/mol. The normalized spacial score (nSPS) is 19.2. The van der Waals surface area contributed by atoms with Gasteiger partial charge in [0.05, 0.1) is 12.7 Å². The summed E-state index contributed by atoms with van der Waals surface area (Å²) in [6.07, 6.45) is 4.40. The topological polar surface area (TPSA) is 57.7 Å². The average Bonchev–Trinajstić information content (AvgIpc) is 3.32. The quantitative estimate of drug-likeness (QED) is 0.794. The third kappa shape index (κ3) is 5.30. The number of hydrogen-bond acceptors (Lipinski definition) is 4. The molecule has 2 aliphatic heterocycles. The molecule has 3 heterocycles. The third-order valence-electron chi connectivity index (χ3n) is 5.95. The number of rotatable bonds is 6. The zero-order valence-corrected chi connectivity index (χ0v) is 17.8. The molecule has 1 atom stereocenters. The second kappa shape index (κ2) is 9.94. The van der Waals surface area contributed by atoms with Crippen molar-refractivity contribution in [1.82, 2.24) is 15.2 Å². The molecule has 6 heteroatoms. The zero-order valence-electron chi connectivity index (χ0n) is 17.8. The standard InChI is InChI=1S/C24H32N4O2/c1-19-9-11-21(23(26-19)27-13-5-6-14-27)17-25-24(29)28-15-16-30-22(18-28)12-10-20-7-3-2-4-8-20/h2-4,7-9,11,22H,5-6,10,12-18H2,1H3,(H,25,29). The molecule has 4 rings (SSSR count). The average molecular weight is 409 g/mol. The number of carbonyl (C=O) groups excluding carboxylic acids is 1. The number of pyridine rings is 1. The van der Waals surface area contributed by atoms with Crippen molar-refractivity contribution in [2.45, 2.75) is 45.3 Å². The summed E-state index contributed by atoms with van der Waals surface area (Å²) in [6.45, 7) is 6.49. The number of morpholine rings is 1. The minimum Gasteiger partial charge on any atom is -0.375 e. The summed E-state index contributed by atoms with van der Waals surface area (Å²) in [5.41, 5.74) is 3.41. The van der Waals surface area contributed by atoms with Gasteiger partial charge in [0.1, 0.15) is 5.82 Å². The number of amides is 2. The first-order valence-corrected chi connectivity index (χ1v) is 11.1.